The number of nitrogens with one attached hydrogen (secondary N) is 1. The lowest BCUT2D eigenvalue weighted by molar-refractivity contribution is 0.0698. The molecule has 0 atom stereocenters. The summed E-state index contributed by atoms with van der Waals surface area (Å²) in [5.74, 6) is -1.03. The first-order valence-corrected chi connectivity index (χ1v) is 6.01. The van der Waals surface area contributed by atoms with Gasteiger partial charge in [0.25, 0.3) is 0 Å². The van der Waals surface area contributed by atoms with Crippen molar-refractivity contribution in [1.82, 2.24) is 0 Å². The molecule has 2 rings (SSSR count). The largest absolute Gasteiger partial charge is 0.478 e. The number of halogens is 1. The molecule has 0 unspecified atom stereocenters. The Balaban J connectivity index is 2.25. The molecule has 0 aromatic heterocycles. The number of nitrogen functional groups attached to an aromatic ring is 1. The molecule has 0 saturated heterocycles. The van der Waals surface area contributed by atoms with Crippen molar-refractivity contribution < 1.29 is 9.90 Å². The second-order valence-corrected chi connectivity index (χ2v) is 4.66. The molecule has 2 aromatic rings. The van der Waals surface area contributed by atoms with Gasteiger partial charge in [0.05, 0.1) is 5.56 Å². The van der Waals surface area contributed by atoms with Gasteiger partial charge < -0.3 is 16.2 Å². The van der Waals surface area contributed by atoms with Crippen LogP contribution in [-0.4, -0.2) is 11.1 Å². The maximum absolute atomic E-state index is 10.8. The lowest BCUT2D eigenvalue weighted by atomic mass is 10.1. The van der Waals surface area contributed by atoms with Gasteiger partial charge in [-0.15, -0.1) is 0 Å². The molecule has 0 radical (unpaired) electrons. The van der Waals surface area contributed by atoms with E-state index in [0.717, 1.165) is 15.8 Å². The fourth-order valence-corrected chi connectivity index (χ4v) is 1.97. The number of nitrogens with two attached hydrogens (primary N) is 1. The van der Waals surface area contributed by atoms with Crippen LogP contribution in [0.3, 0.4) is 0 Å². The van der Waals surface area contributed by atoms with Crippen LogP contribution in [0.4, 0.5) is 17.1 Å². The maximum Gasteiger partial charge on any atom is 0.337 e. The number of anilines is 3. The van der Waals surface area contributed by atoms with Gasteiger partial charge in [0.15, 0.2) is 0 Å². The first kappa shape index (κ1) is 12.4. The van der Waals surface area contributed by atoms with Crippen LogP contribution in [0, 0.1) is 0 Å². The van der Waals surface area contributed by atoms with E-state index in [1.807, 2.05) is 24.3 Å². The van der Waals surface area contributed by atoms with Gasteiger partial charge in [-0.3, -0.25) is 0 Å². The van der Waals surface area contributed by atoms with Gasteiger partial charge in [-0.05, 0) is 36.4 Å². The number of hydrogen-bond acceptors (Lipinski definition) is 3. The van der Waals surface area contributed by atoms with Gasteiger partial charge in [-0.25, -0.2) is 4.79 Å². The first-order valence-electron chi connectivity index (χ1n) is 5.21. The van der Waals surface area contributed by atoms with E-state index >= 15 is 0 Å². The molecular formula is C13H11BrN2O2. The number of carboxylic acid groups (broad SMARTS) is 1. The molecule has 4 nitrogen and oxygen atoms in total. The third kappa shape index (κ3) is 2.81. The summed E-state index contributed by atoms with van der Waals surface area (Å²) >= 11 is 3.38. The number of aromatic carboxylic acids is 1. The highest BCUT2D eigenvalue weighted by atomic mass is 79.9. The Bertz CT molecular complexity index is 599. The molecule has 0 aliphatic rings. The first-order chi connectivity index (χ1) is 8.56. The van der Waals surface area contributed by atoms with E-state index in [2.05, 4.69) is 21.2 Å². The number of carboxylic acids is 1. The molecule has 4 N–H and O–H groups in total. The Hall–Kier alpha value is -2.01. The molecule has 0 aliphatic carbocycles. The van der Waals surface area contributed by atoms with Crippen molar-refractivity contribution >= 4 is 39.0 Å². The zero-order valence-electron chi connectivity index (χ0n) is 9.35. The predicted octanol–water partition coefficient (Wildman–Crippen LogP) is 3.47. The van der Waals surface area contributed by atoms with E-state index < -0.39 is 5.97 Å². The summed E-state index contributed by atoms with van der Waals surface area (Å²) in [4.78, 5) is 10.8. The summed E-state index contributed by atoms with van der Waals surface area (Å²) in [6, 6.07) is 12.4. The monoisotopic (exact) mass is 306 g/mol. The average Bonchev–Trinajstić information content (AvgIpc) is 2.28. The molecule has 5 heteroatoms. The maximum atomic E-state index is 10.8. The molecule has 18 heavy (non-hydrogen) atoms. The molecule has 0 amide bonds. The molecule has 0 aliphatic heterocycles. The van der Waals surface area contributed by atoms with E-state index in [4.69, 9.17) is 10.8 Å². The van der Waals surface area contributed by atoms with Gasteiger partial charge in [-0.2, -0.15) is 0 Å². The number of carbonyl (C=O) groups is 1. The van der Waals surface area contributed by atoms with Gasteiger partial charge in [0.1, 0.15) is 0 Å². The summed E-state index contributed by atoms with van der Waals surface area (Å²) in [7, 11) is 0. The second-order valence-electron chi connectivity index (χ2n) is 3.74. The Morgan fingerprint density at radius 1 is 1.17 bits per heavy atom. The summed E-state index contributed by atoms with van der Waals surface area (Å²) in [6.45, 7) is 0. The van der Waals surface area contributed by atoms with Crippen LogP contribution in [0.1, 0.15) is 10.4 Å². The van der Waals surface area contributed by atoms with E-state index in [1.54, 1.807) is 12.1 Å². The van der Waals surface area contributed by atoms with Gasteiger partial charge in [0, 0.05) is 21.5 Å². The molecule has 92 valence electrons. The summed E-state index contributed by atoms with van der Waals surface area (Å²) in [6.07, 6.45) is 0. The van der Waals surface area contributed by atoms with Crippen molar-refractivity contribution in [2.75, 3.05) is 11.1 Å². The molecular weight excluding hydrogens is 296 g/mol. The zero-order chi connectivity index (χ0) is 13.1. The molecule has 0 bridgehead atoms. The van der Waals surface area contributed by atoms with E-state index in [1.165, 1.54) is 6.07 Å². The van der Waals surface area contributed by atoms with Gasteiger partial charge in [-0.1, -0.05) is 22.0 Å². The average molecular weight is 307 g/mol. The SMILES string of the molecule is Nc1cc(Nc2cccc(Br)c2)ccc1C(=O)O. The number of benzene rings is 2. The van der Waals surface area contributed by atoms with Crippen LogP contribution in [0.2, 0.25) is 0 Å². The lowest BCUT2D eigenvalue weighted by Gasteiger charge is -2.09. The van der Waals surface area contributed by atoms with E-state index in [9.17, 15) is 4.79 Å². The zero-order valence-corrected chi connectivity index (χ0v) is 10.9. The van der Waals surface area contributed by atoms with Crippen molar-refractivity contribution in [1.29, 1.82) is 0 Å². The third-order valence-corrected chi connectivity index (χ3v) is 2.89. The minimum absolute atomic E-state index is 0.106. The van der Waals surface area contributed by atoms with Crippen molar-refractivity contribution in [3.63, 3.8) is 0 Å². The van der Waals surface area contributed by atoms with Crippen molar-refractivity contribution in [2.45, 2.75) is 0 Å². The summed E-state index contributed by atoms with van der Waals surface area (Å²) < 4.78 is 0.961. The third-order valence-electron chi connectivity index (χ3n) is 2.40. The van der Waals surface area contributed by atoms with Crippen molar-refractivity contribution in [3.05, 3.63) is 52.5 Å². The number of rotatable bonds is 3. The van der Waals surface area contributed by atoms with Crippen LogP contribution in [0.15, 0.2) is 46.9 Å². The van der Waals surface area contributed by atoms with Crippen LogP contribution in [0.25, 0.3) is 0 Å². The number of hydrogen-bond donors (Lipinski definition) is 3. The standard InChI is InChI=1S/C13H11BrN2O2/c14-8-2-1-3-9(6-8)16-10-4-5-11(13(17)18)12(15)7-10/h1-7,16H,15H2,(H,17,18). The van der Waals surface area contributed by atoms with E-state index in [-0.39, 0.29) is 11.3 Å². The Morgan fingerprint density at radius 2 is 1.89 bits per heavy atom. The molecule has 0 fully saturated rings. The second kappa shape index (κ2) is 5.10. The normalized spacial score (nSPS) is 10.1. The highest BCUT2D eigenvalue weighted by Crippen LogP contribution is 2.23. The fourth-order valence-electron chi connectivity index (χ4n) is 1.57. The van der Waals surface area contributed by atoms with Crippen LogP contribution in [-0.2, 0) is 0 Å². The minimum Gasteiger partial charge on any atom is -0.478 e. The molecule has 0 heterocycles. The summed E-state index contributed by atoms with van der Waals surface area (Å²) in [5, 5.41) is 12.0. The van der Waals surface area contributed by atoms with Crippen LogP contribution >= 0.6 is 15.9 Å². The Labute approximate surface area is 113 Å². The summed E-state index contributed by atoms with van der Waals surface area (Å²) in [5.41, 5.74) is 7.66. The molecule has 0 saturated carbocycles. The van der Waals surface area contributed by atoms with Gasteiger partial charge in [0.2, 0.25) is 0 Å². The minimum atomic E-state index is -1.03. The molecule has 0 spiro atoms. The lowest BCUT2D eigenvalue weighted by Crippen LogP contribution is -2.02. The smallest absolute Gasteiger partial charge is 0.337 e. The van der Waals surface area contributed by atoms with Crippen molar-refractivity contribution in [2.24, 2.45) is 0 Å². The quantitative estimate of drug-likeness (QED) is 0.759. The topological polar surface area (TPSA) is 75.3 Å². The molecule has 2 aromatic carbocycles. The highest BCUT2D eigenvalue weighted by Gasteiger charge is 2.07. The van der Waals surface area contributed by atoms with E-state index in [0.29, 0.717) is 0 Å². The Morgan fingerprint density at radius 3 is 2.50 bits per heavy atom. The van der Waals surface area contributed by atoms with Crippen LogP contribution < -0.4 is 11.1 Å². The predicted molar refractivity (Wildman–Crippen MR) is 75.2 cm³/mol. The highest BCUT2D eigenvalue weighted by molar-refractivity contribution is 9.10. The van der Waals surface area contributed by atoms with Crippen LogP contribution in [0.5, 0.6) is 0 Å². The van der Waals surface area contributed by atoms with Crippen molar-refractivity contribution in [3.8, 4) is 0 Å². The Kier molecular flexibility index (Phi) is 3.53. The fraction of sp³-hybridized carbons (Fsp3) is 0. The van der Waals surface area contributed by atoms with Gasteiger partial charge >= 0.3 is 5.97 Å².